The number of guanidine groups is 1. The second-order valence-electron chi connectivity index (χ2n) is 6.90. The lowest BCUT2D eigenvalue weighted by Crippen LogP contribution is -2.41. The highest BCUT2D eigenvalue weighted by molar-refractivity contribution is 14.0. The van der Waals surface area contributed by atoms with Crippen molar-refractivity contribution in [3.05, 3.63) is 77.6 Å². The lowest BCUT2D eigenvalue weighted by Gasteiger charge is -2.22. The van der Waals surface area contributed by atoms with Gasteiger partial charge in [-0.25, -0.2) is 9.38 Å². The number of aryl methyl sites for hydroxylation is 1. The minimum atomic E-state index is -0.367. The number of nitrogens with zero attached hydrogens (tertiary/aromatic N) is 5. The molecule has 0 saturated carbocycles. The lowest BCUT2D eigenvalue weighted by atomic mass is 10.2. The van der Waals surface area contributed by atoms with Gasteiger partial charge in [0, 0.05) is 14.1 Å². The SMILES string of the molecule is Cc1nnc(CNC(=NCc2ccccc2)N(C)CCOc2ccccc2F)n1C.I. The zero-order valence-electron chi connectivity index (χ0n) is 18.0. The van der Waals surface area contributed by atoms with Crippen molar-refractivity contribution < 1.29 is 9.13 Å². The smallest absolute Gasteiger partial charge is 0.194 e. The Morgan fingerprint density at radius 3 is 2.52 bits per heavy atom. The molecule has 0 aliphatic heterocycles. The molecule has 0 aliphatic rings. The van der Waals surface area contributed by atoms with Crippen LogP contribution in [0, 0.1) is 12.7 Å². The van der Waals surface area contributed by atoms with Crippen LogP contribution in [-0.2, 0) is 20.1 Å². The number of hydrogen-bond donors (Lipinski definition) is 1. The van der Waals surface area contributed by atoms with E-state index in [0.29, 0.717) is 32.2 Å². The summed E-state index contributed by atoms with van der Waals surface area (Å²) in [5, 5.41) is 11.6. The number of rotatable bonds is 8. The molecule has 1 heterocycles. The van der Waals surface area contributed by atoms with E-state index in [1.807, 2.05) is 60.8 Å². The Kier molecular flexibility index (Phi) is 9.70. The predicted octanol–water partition coefficient (Wildman–Crippen LogP) is 3.54. The lowest BCUT2D eigenvalue weighted by molar-refractivity contribution is 0.270. The van der Waals surface area contributed by atoms with Crippen molar-refractivity contribution in [2.75, 3.05) is 20.2 Å². The van der Waals surface area contributed by atoms with E-state index >= 15 is 0 Å². The largest absolute Gasteiger partial charge is 0.489 e. The molecule has 0 spiro atoms. The first-order chi connectivity index (χ1) is 14.5. The van der Waals surface area contributed by atoms with Crippen LogP contribution in [0.25, 0.3) is 0 Å². The van der Waals surface area contributed by atoms with Crippen LogP contribution in [0.3, 0.4) is 0 Å². The molecule has 0 radical (unpaired) electrons. The number of likely N-dealkylation sites (N-methyl/N-ethyl adjacent to an activating group) is 1. The van der Waals surface area contributed by atoms with Gasteiger partial charge in [0.05, 0.1) is 19.6 Å². The van der Waals surface area contributed by atoms with Crippen LogP contribution >= 0.6 is 24.0 Å². The van der Waals surface area contributed by atoms with Crippen molar-refractivity contribution in [2.45, 2.75) is 20.0 Å². The number of hydrogen-bond acceptors (Lipinski definition) is 4. The van der Waals surface area contributed by atoms with Crippen molar-refractivity contribution >= 4 is 29.9 Å². The average molecular weight is 538 g/mol. The standard InChI is InChI=1S/C22H27FN6O.HI/c1-17-26-27-21(29(17)3)16-25-22(24-15-18-9-5-4-6-10-18)28(2)13-14-30-20-12-8-7-11-19(20)23;/h4-12H,13-16H2,1-3H3,(H,24,25);1H. The molecule has 0 fully saturated rings. The first kappa shape index (κ1) is 24.6. The van der Waals surface area contributed by atoms with E-state index in [0.717, 1.165) is 17.2 Å². The molecular formula is C22H28FIN6O. The Labute approximate surface area is 199 Å². The van der Waals surface area contributed by atoms with Crippen molar-refractivity contribution in [2.24, 2.45) is 12.0 Å². The Bertz CT molecular complexity index is 979. The van der Waals surface area contributed by atoms with E-state index in [2.05, 4.69) is 15.5 Å². The van der Waals surface area contributed by atoms with Crippen LogP contribution in [0.4, 0.5) is 4.39 Å². The van der Waals surface area contributed by atoms with Gasteiger partial charge in [0.15, 0.2) is 23.4 Å². The maximum atomic E-state index is 13.7. The topological polar surface area (TPSA) is 67.6 Å². The summed E-state index contributed by atoms with van der Waals surface area (Å²) in [6.45, 7) is 3.80. The molecule has 0 aliphatic carbocycles. The Balaban J connectivity index is 0.00000341. The summed E-state index contributed by atoms with van der Waals surface area (Å²) >= 11 is 0. The van der Waals surface area contributed by atoms with Crippen molar-refractivity contribution in [3.8, 4) is 5.75 Å². The van der Waals surface area contributed by atoms with Gasteiger partial charge in [-0.3, -0.25) is 0 Å². The van der Waals surface area contributed by atoms with E-state index in [9.17, 15) is 4.39 Å². The quantitative estimate of drug-likeness (QED) is 0.270. The van der Waals surface area contributed by atoms with Crippen LogP contribution < -0.4 is 10.1 Å². The van der Waals surface area contributed by atoms with Gasteiger partial charge in [-0.2, -0.15) is 0 Å². The van der Waals surface area contributed by atoms with E-state index in [1.54, 1.807) is 18.2 Å². The van der Waals surface area contributed by atoms with Crippen LogP contribution in [0.2, 0.25) is 0 Å². The summed E-state index contributed by atoms with van der Waals surface area (Å²) in [6.07, 6.45) is 0. The van der Waals surface area contributed by atoms with Gasteiger partial charge in [-0.05, 0) is 24.6 Å². The first-order valence-electron chi connectivity index (χ1n) is 9.80. The monoisotopic (exact) mass is 538 g/mol. The van der Waals surface area contributed by atoms with Crippen LogP contribution in [0.1, 0.15) is 17.2 Å². The second-order valence-corrected chi connectivity index (χ2v) is 6.90. The molecule has 0 saturated heterocycles. The third-order valence-corrected chi connectivity index (χ3v) is 4.72. The molecule has 0 unspecified atom stereocenters. The zero-order valence-corrected chi connectivity index (χ0v) is 20.3. The molecule has 1 N–H and O–H groups in total. The number of ether oxygens (including phenoxy) is 1. The van der Waals surface area contributed by atoms with Gasteiger partial charge < -0.3 is 19.5 Å². The number of halogens is 2. The molecule has 3 rings (SSSR count). The number of benzene rings is 2. The number of aromatic nitrogens is 3. The van der Waals surface area contributed by atoms with Crippen LogP contribution in [-0.4, -0.2) is 45.8 Å². The van der Waals surface area contributed by atoms with E-state index in [-0.39, 0.29) is 35.5 Å². The summed E-state index contributed by atoms with van der Waals surface area (Å²) < 4.78 is 21.3. The van der Waals surface area contributed by atoms with Gasteiger partial charge >= 0.3 is 0 Å². The molecule has 9 heteroatoms. The number of para-hydroxylation sites is 1. The van der Waals surface area contributed by atoms with Crippen LogP contribution in [0.15, 0.2) is 59.6 Å². The molecule has 1 aromatic heterocycles. The van der Waals surface area contributed by atoms with Crippen molar-refractivity contribution in [1.29, 1.82) is 0 Å². The minimum Gasteiger partial charge on any atom is -0.489 e. The number of nitrogens with one attached hydrogen (secondary N) is 1. The summed E-state index contributed by atoms with van der Waals surface area (Å²) in [5.74, 6) is 2.25. The molecule has 0 amide bonds. The first-order valence-corrected chi connectivity index (χ1v) is 9.80. The fraction of sp³-hybridized carbons (Fsp3) is 0.318. The van der Waals surface area contributed by atoms with Gasteiger partial charge in [-0.15, -0.1) is 34.2 Å². The maximum Gasteiger partial charge on any atom is 0.194 e. The fourth-order valence-electron chi connectivity index (χ4n) is 2.78. The van der Waals surface area contributed by atoms with E-state index < -0.39 is 0 Å². The summed E-state index contributed by atoms with van der Waals surface area (Å²) in [4.78, 5) is 6.68. The third kappa shape index (κ3) is 7.20. The minimum absolute atomic E-state index is 0. The van der Waals surface area contributed by atoms with E-state index in [4.69, 9.17) is 9.73 Å². The molecule has 3 aromatic rings. The zero-order chi connectivity index (χ0) is 21.3. The van der Waals surface area contributed by atoms with Gasteiger partial charge in [0.25, 0.3) is 0 Å². The second kappa shape index (κ2) is 12.2. The number of aliphatic imine (C=N–C) groups is 1. The molecule has 31 heavy (non-hydrogen) atoms. The predicted molar refractivity (Wildman–Crippen MR) is 130 cm³/mol. The van der Waals surface area contributed by atoms with Gasteiger partial charge in [0.1, 0.15) is 12.4 Å². The van der Waals surface area contributed by atoms with Crippen molar-refractivity contribution in [1.82, 2.24) is 25.0 Å². The Morgan fingerprint density at radius 2 is 1.84 bits per heavy atom. The average Bonchev–Trinajstić information content (AvgIpc) is 3.08. The normalized spacial score (nSPS) is 11.0. The Hall–Kier alpha value is -2.69. The van der Waals surface area contributed by atoms with Crippen molar-refractivity contribution in [3.63, 3.8) is 0 Å². The summed E-state index contributed by atoms with van der Waals surface area (Å²) in [5.41, 5.74) is 1.11. The highest BCUT2D eigenvalue weighted by Crippen LogP contribution is 2.15. The highest BCUT2D eigenvalue weighted by Gasteiger charge is 2.11. The molecule has 7 nitrogen and oxygen atoms in total. The maximum absolute atomic E-state index is 13.7. The van der Waals surface area contributed by atoms with E-state index in [1.165, 1.54) is 6.07 Å². The molecule has 0 atom stereocenters. The van der Waals surface area contributed by atoms with Gasteiger partial charge in [-0.1, -0.05) is 42.5 Å². The molecule has 0 bridgehead atoms. The van der Waals surface area contributed by atoms with Crippen LogP contribution in [0.5, 0.6) is 5.75 Å². The third-order valence-electron chi connectivity index (χ3n) is 4.72. The Morgan fingerprint density at radius 1 is 1.13 bits per heavy atom. The highest BCUT2D eigenvalue weighted by atomic mass is 127. The summed E-state index contributed by atoms with van der Waals surface area (Å²) in [6, 6.07) is 16.4. The van der Waals surface area contributed by atoms with Gasteiger partial charge in [0.2, 0.25) is 0 Å². The molecule has 2 aromatic carbocycles. The molecular weight excluding hydrogens is 510 g/mol. The summed E-state index contributed by atoms with van der Waals surface area (Å²) in [7, 11) is 3.85. The fourth-order valence-corrected chi connectivity index (χ4v) is 2.78. The molecule has 166 valence electrons.